The van der Waals surface area contributed by atoms with Crippen molar-refractivity contribution in [3.63, 3.8) is 0 Å². The van der Waals surface area contributed by atoms with Gasteiger partial charge in [-0.1, -0.05) is 20.8 Å². The monoisotopic (exact) mass is 350 g/mol. The summed E-state index contributed by atoms with van der Waals surface area (Å²) in [7, 11) is 0. The number of ketones is 1. The van der Waals surface area contributed by atoms with Gasteiger partial charge < -0.3 is 14.4 Å². The van der Waals surface area contributed by atoms with Crippen molar-refractivity contribution in [2.24, 2.45) is 5.41 Å². The predicted molar refractivity (Wildman–Crippen MR) is 90.9 cm³/mol. The average molecular weight is 350 g/mol. The van der Waals surface area contributed by atoms with Crippen molar-refractivity contribution in [3.05, 3.63) is 33.9 Å². The number of nitrogens with zero attached hydrogens (tertiary/aromatic N) is 2. The minimum atomic E-state index is -0.876. The van der Waals surface area contributed by atoms with Gasteiger partial charge in [0.05, 0.1) is 18.1 Å². The van der Waals surface area contributed by atoms with E-state index >= 15 is 0 Å². The smallest absolute Gasteiger partial charge is 0.345 e. The molecule has 0 radical (unpaired) electrons. The standard InChI is InChI=1S/C17H22N2O6/c1-17(2,3)15(20)11-25-16(21)13-10-12(4-5-14(13)19(22)23)18-6-8-24-9-7-18/h4-5,10H,6-9,11H2,1-3H3. The molecule has 136 valence electrons. The Kier molecular flexibility index (Phi) is 5.73. The number of carbonyl (C=O) groups is 2. The number of rotatable bonds is 5. The van der Waals surface area contributed by atoms with E-state index in [1.54, 1.807) is 26.8 Å². The van der Waals surface area contributed by atoms with Crippen molar-refractivity contribution in [2.45, 2.75) is 20.8 Å². The highest BCUT2D eigenvalue weighted by Gasteiger charge is 2.27. The fraction of sp³-hybridized carbons (Fsp3) is 0.529. The summed E-state index contributed by atoms with van der Waals surface area (Å²) < 4.78 is 10.3. The molecule has 25 heavy (non-hydrogen) atoms. The van der Waals surface area contributed by atoms with Gasteiger partial charge in [-0.2, -0.15) is 0 Å². The van der Waals surface area contributed by atoms with Crippen molar-refractivity contribution in [1.29, 1.82) is 0 Å². The first-order valence-electron chi connectivity index (χ1n) is 8.01. The molecule has 0 aliphatic carbocycles. The van der Waals surface area contributed by atoms with E-state index in [1.807, 2.05) is 4.90 Å². The lowest BCUT2D eigenvalue weighted by atomic mass is 9.91. The predicted octanol–water partition coefficient (Wildman–Crippen LogP) is 2.20. The number of morpholine rings is 1. The van der Waals surface area contributed by atoms with Crippen molar-refractivity contribution in [1.82, 2.24) is 0 Å². The van der Waals surface area contributed by atoms with E-state index in [9.17, 15) is 19.7 Å². The molecule has 0 atom stereocenters. The van der Waals surface area contributed by atoms with Gasteiger partial charge in [0.25, 0.3) is 5.69 Å². The number of nitro benzene ring substituents is 1. The van der Waals surface area contributed by atoms with Gasteiger partial charge in [-0.15, -0.1) is 0 Å². The molecule has 1 fully saturated rings. The van der Waals surface area contributed by atoms with Crippen molar-refractivity contribution in [2.75, 3.05) is 37.8 Å². The lowest BCUT2D eigenvalue weighted by Gasteiger charge is -2.29. The molecule has 1 aliphatic rings. The maximum atomic E-state index is 12.3. The zero-order valence-corrected chi connectivity index (χ0v) is 14.6. The number of nitro groups is 1. The van der Waals surface area contributed by atoms with E-state index in [0.717, 1.165) is 0 Å². The van der Waals surface area contributed by atoms with E-state index in [0.29, 0.717) is 32.0 Å². The summed E-state index contributed by atoms with van der Waals surface area (Å²) in [6.45, 7) is 7.10. The summed E-state index contributed by atoms with van der Waals surface area (Å²) in [6.07, 6.45) is 0. The number of hydrogen-bond acceptors (Lipinski definition) is 7. The Labute approximate surface area is 145 Å². The number of ether oxygens (including phenoxy) is 2. The van der Waals surface area contributed by atoms with Crippen molar-refractivity contribution >= 4 is 23.1 Å². The summed E-state index contributed by atoms with van der Waals surface area (Å²) in [4.78, 5) is 36.8. The van der Waals surface area contributed by atoms with Crippen LogP contribution in [-0.2, 0) is 14.3 Å². The largest absolute Gasteiger partial charge is 0.454 e. The molecule has 1 saturated heterocycles. The Bertz CT molecular complexity index is 674. The molecule has 1 aromatic rings. The Hall–Kier alpha value is -2.48. The number of esters is 1. The molecule has 0 spiro atoms. The van der Waals surface area contributed by atoms with E-state index in [2.05, 4.69) is 0 Å². The molecule has 1 aromatic carbocycles. The molecule has 2 rings (SSSR count). The first-order chi connectivity index (χ1) is 11.7. The SMILES string of the molecule is CC(C)(C)C(=O)COC(=O)c1cc(N2CCOCC2)ccc1[N+](=O)[O-]. The van der Waals surface area contributed by atoms with Gasteiger partial charge in [0.1, 0.15) is 5.56 Å². The second-order valence-electron chi connectivity index (χ2n) is 6.81. The molecule has 0 N–H and O–H groups in total. The molecular formula is C17H22N2O6. The first kappa shape index (κ1) is 18.9. The first-order valence-corrected chi connectivity index (χ1v) is 8.01. The van der Waals surface area contributed by atoms with Crippen LogP contribution < -0.4 is 4.90 Å². The Morgan fingerprint density at radius 3 is 2.48 bits per heavy atom. The van der Waals surface area contributed by atoms with Gasteiger partial charge >= 0.3 is 5.97 Å². The maximum Gasteiger partial charge on any atom is 0.345 e. The van der Waals surface area contributed by atoms with Crippen LogP contribution in [0.5, 0.6) is 0 Å². The Balaban J connectivity index is 2.22. The molecule has 0 unspecified atom stereocenters. The van der Waals surface area contributed by atoms with Crippen molar-refractivity contribution in [3.8, 4) is 0 Å². The van der Waals surface area contributed by atoms with Crippen LogP contribution >= 0.6 is 0 Å². The molecule has 1 aliphatic heterocycles. The normalized spacial score (nSPS) is 14.9. The van der Waals surface area contributed by atoms with Gasteiger partial charge in [-0.05, 0) is 12.1 Å². The molecular weight excluding hydrogens is 328 g/mol. The second-order valence-corrected chi connectivity index (χ2v) is 6.81. The van der Waals surface area contributed by atoms with Crippen LogP contribution in [0, 0.1) is 15.5 Å². The van der Waals surface area contributed by atoms with Gasteiger partial charge in [0, 0.05) is 30.3 Å². The lowest BCUT2D eigenvalue weighted by Crippen LogP contribution is -2.36. The maximum absolute atomic E-state index is 12.3. The zero-order chi connectivity index (χ0) is 18.6. The second kappa shape index (κ2) is 7.60. The summed E-state index contributed by atoms with van der Waals surface area (Å²) in [6, 6.07) is 4.32. The van der Waals surface area contributed by atoms with Crippen molar-refractivity contribution < 1.29 is 24.0 Å². The summed E-state index contributed by atoms with van der Waals surface area (Å²) in [5.74, 6) is -1.13. The lowest BCUT2D eigenvalue weighted by molar-refractivity contribution is -0.385. The summed E-state index contributed by atoms with van der Waals surface area (Å²) in [5, 5.41) is 11.2. The summed E-state index contributed by atoms with van der Waals surface area (Å²) in [5.41, 5.74) is -0.467. The molecule has 8 nitrogen and oxygen atoms in total. The van der Waals surface area contributed by atoms with Gasteiger partial charge in [-0.25, -0.2) is 4.79 Å². The number of Topliss-reactive ketones (excluding diaryl/α,β-unsaturated/α-hetero) is 1. The number of carbonyl (C=O) groups excluding carboxylic acids is 2. The topological polar surface area (TPSA) is 99.0 Å². The fourth-order valence-electron chi connectivity index (χ4n) is 2.29. The molecule has 0 aromatic heterocycles. The van der Waals surface area contributed by atoms with E-state index < -0.39 is 22.9 Å². The molecule has 0 bridgehead atoms. The molecule has 0 amide bonds. The fourth-order valence-corrected chi connectivity index (χ4v) is 2.29. The van der Waals surface area contributed by atoms with Crippen LogP contribution in [0.2, 0.25) is 0 Å². The van der Waals surface area contributed by atoms with Crippen LogP contribution in [0.1, 0.15) is 31.1 Å². The van der Waals surface area contributed by atoms with Crippen LogP contribution in [0.4, 0.5) is 11.4 Å². The van der Waals surface area contributed by atoms with Gasteiger partial charge in [0.2, 0.25) is 0 Å². The van der Waals surface area contributed by atoms with E-state index in [1.165, 1.54) is 12.1 Å². The average Bonchev–Trinajstić information content (AvgIpc) is 2.58. The molecule has 8 heteroatoms. The van der Waals surface area contributed by atoms with Gasteiger partial charge in [0.15, 0.2) is 12.4 Å². The highest BCUT2D eigenvalue weighted by molar-refractivity contribution is 5.97. The quantitative estimate of drug-likeness (QED) is 0.456. The minimum Gasteiger partial charge on any atom is -0.454 e. The van der Waals surface area contributed by atoms with Crippen LogP contribution in [0.3, 0.4) is 0 Å². The highest BCUT2D eigenvalue weighted by Crippen LogP contribution is 2.26. The minimum absolute atomic E-state index is 0.157. The van der Waals surface area contributed by atoms with Crippen LogP contribution in [0.25, 0.3) is 0 Å². The molecule has 0 saturated carbocycles. The summed E-state index contributed by atoms with van der Waals surface area (Å²) >= 11 is 0. The third-order valence-corrected chi connectivity index (χ3v) is 3.94. The third kappa shape index (κ3) is 4.76. The zero-order valence-electron chi connectivity index (χ0n) is 14.6. The highest BCUT2D eigenvalue weighted by atomic mass is 16.6. The van der Waals surface area contributed by atoms with E-state index in [4.69, 9.17) is 9.47 Å². The van der Waals surface area contributed by atoms with Gasteiger partial charge in [-0.3, -0.25) is 14.9 Å². The Morgan fingerprint density at radius 2 is 1.92 bits per heavy atom. The molecule has 1 heterocycles. The van der Waals surface area contributed by atoms with Crippen LogP contribution in [0.15, 0.2) is 18.2 Å². The number of benzene rings is 1. The van der Waals surface area contributed by atoms with Crippen LogP contribution in [-0.4, -0.2) is 49.6 Å². The third-order valence-electron chi connectivity index (χ3n) is 3.94. The Morgan fingerprint density at radius 1 is 1.28 bits per heavy atom. The number of anilines is 1. The van der Waals surface area contributed by atoms with E-state index in [-0.39, 0.29) is 17.0 Å². The number of hydrogen-bond donors (Lipinski definition) is 0.